The highest BCUT2D eigenvalue weighted by molar-refractivity contribution is 5.87. The Morgan fingerprint density at radius 3 is 2.26 bits per heavy atom. The zero-order valence-corrected chi connectivity index (χ0v) is 16.4. The topological polar surface area (TPSA) is 90.8 Å². The number of amides is 2. The van der Waals surface area contributed by atoms with Crippen LogP contribution in [-0.4, -0.2) is 29.7 Å². The van der Waals surface area contributed by atoms with Gasteiger partial charge in [-0.05, 0) is 18.6 Å². The summed E-state index contributed by atoms with van der Waals surface area (Å²) >= 11 is 0. The number of para-hydroxylation sites is 1. The van der Waals surface area contributed by atoms with Crippen molar-refractivity contribution in [3.8, 4) is 5.75 Å². The lowest BCUT2D eigenvalue weighted by Crippen LogP contribution is -2.34. The van der Waals surface area contributed by atoms with Crippen molar-refractivity contribution in [2.45, 2.75) is 71.1 Å². The number of nitrogens with one attached hydrogen (secondary N) is 2. The van der Waals surface area contributed by atoms with Gasteiger partial charge in [-0.25, -0.2) is 5.43 Å². The van der Waals surface area contributed by atoms with Gasteiger partial charge in [-0.3, -0.25) is 9.59 Å². The lowest BCUT2D eigenvalue weighted by Gasteiger charge is -2.05. The number of nitrogens with zero attached hydrogens (tertiary/aromatic N) is 1. The number of rotatable bonds is 14. The largest absolute Gasteiger partial charge is 0.507 e. The number of unbranched alkanes of at least 4 members (excludes halogenated alkanes) is 8. The van der Waals surface area contributed by atoms with Gasteiger partial charge >= 0.3 is 0 Å². The molecule has 1 aromatic rings. The minimum atomic E-state index is -0.401. The van der Waals surface area contributed by atoms with E-state index in [9.17, 15) is 14.7 Å². The summed E-state index contributed by atoms with van der Waals surface area (Å²) in [6.45, 7) is 2.12. The van der Waals surface area contributed by atoms with Crippen molar-refractivity contribution in [1.82, 2.24) is 10.7 Å². The normalized spacial score (nSPS) is 10.9. The van der Waals surface area contributed by atoms with E-state index in [1.807, 2.05) is 0 Å². The Morgan fingerprint density at radius 2 is 1.59 bits per heavy atom. The van der Waals surface area contributed by atoms with Crippen LogP contribution in [0.15, 0.2) is 29.4 Å². The van der Waals surface area contributed by atoms with Gasteiger partial charge in [0, 0.05) is 12.0 Å². The molecule has 27 heavy (non-hydrogen) atoms. The van der Waals surface area contributed by atoms with Gasteiger partial charge in [0.05, 0.1) is 12.8 Å². The van der Waals surface area contributed by atoms with Crippen LogP contribution in [0.4, 0.5) is 0 Å². The summed E-state index contributed by atoms with van der Waals surface area (Å²) in [5.74, 6) is -0.426. The lowest BCUT2D eigenvalue weighted by molar-refractivity contribution is -0.126. The van der Waals surface area contributed by atoms with Crippen LogP contribution >= 0.6 is 0 Å². The molecular weight excluding hydrogens is 342 g/mol. The maximum atomic E-state index is 11.7. The molecule has 0 unspecified atom stereocenters. The zero-order chi connectivity index (χ0) is 19.7. The second-order valence-electron chi connectivity index (χ2n) is 6.71. The van der Waals surface area contributed by atoms with Crippen molar-refractivity contribution in [3.63, 3.8) is 0 Å². The van der Waals surface area contributed by atoms with Crippen molar-refractivity contribution in [2.75, 3.05) is 6.54 Å². The van der Waals surface area contributed by atoms with Crippen LogP contribution in [-0.2, 0) is 9.59 Å². The van der Waals surface area contributed by atoms with E-state index in [4.69, 9.17) is 0 Å². The minimum absolute atomic E-state index is 0.0877. The Hall–Kier alpha value is -2.37. The molecule has 6 heteroatoms. The fraction of sp³-hybridized carbons (Fsp3) is 0.571. The molecule has 0 radical (unpaired) electrons. The van der Waals surface area contributed by atoms with E-state index in [0.29, 0.717) is 12.0 Å². The number of hydrogen-bond donors (Lipinski definition) is 3. The lowest BCUT2D eigenvalue weighted by atomic mass is 10.1. The third kappa shape index (κ3) is 11.8. The van der Waals surface area contributed by atoms with Crippen molar-refractivity contribution in [2.24, 2.45) is 5.10 Å². The SMILES string of the molecule is CCCCCCCCCCCC(=O)NCC(=O)NN=Cc1ccccc1O. The predicted molar refractivity (Wildman–Crippen MR) is 109 cm³/mol. The van der Waals surface area contributed by atoms with Gasteiger partial charge in [0.25, 0.3) is 5.91 Å². The average molecular weight is 376 g/mol. The standard InChI is InChI=1S/C21H33N3O3/c1-2-3-4-5-6-7-8-9-10-15-20(26)22-17-21(27)24-23-16-18-13-11-12-14-19(18)25/h11-14,16,25H,2-10,15,17H2,1H3,(H,22,26)(H,24,27). The molecule has 0 atom stereocenters. The van der Waals surface area contributed by atoms with E-state index in [2.05, 4.69) is 22.8 Å². The number of hydrogen-bond acceptors (Lipinski definition) is 4. The van der Waals surface area contributed by atoms with Crippen molar-refractivity contribution in [3.05, 3.63) is 29.8 Å². The van der Waals surface area contributed by atoms with E-state index >= 15 is 0 Å². The summed E-state index contributed by atoms with van der Waals surface area (Å²) < 4.78 is 0. The van der Waals surface area contributed by atoms with Crippen LogP contribution in [0.1, 0.15) is 76.7 Å². The monoisotopic (exact) mass is 375 g/mol. The van der Waals surface area contributed by atoms with Gasteiger partial charge in [0.15, 0.2) is 0 Å². The second kappa shape index (κ2) is 14.8. The molecule has 1 rings (SSSR count). The molecule has 0 fully saturated rings. The van der Waals surface area contributed by atoms with Crippen LogP contribution in [0.5, 0.6) is 5.75 Å². The molecule has 3 N–H and O–H groups in total. The molecule has 1 aromatic carbocycles. The van der Waals surface area contributed by atoms with Gasteiger partial charge in [-0.1, -0.05) is 70.4 Å². The predicted octanol–water partition coefficient (Wildman–Crippen LogP) is 3.88. The second-order valence-corrected chi connectivity index (χ2v) is 6.71. The Labute approximate surface area is 162 Å². The van der Waals surface area contributed by atoms with Crippen LogP contribution in [0.3, 0.4) is 0 Å². The maximum Gasteiger partial charge on any atom is 0.259 e. The summed E-state index contributed by atoms with van der Waals surface area (Å²) in [6, 6.07) is 6.68. The third-order valence-electron chi connectivity index (χ3n) is 4.28. The molecule has 0 saturated carbocycles. The number of aromatic hydroxyl groups is 1. The number of hydrazone groups is 1. The smallest absolute Gasteiger partial charge is 0.259 e. The summed E-state index contributed by atoms with van der Waals surface area (Å²) in [5, 5.41) is 15.9. The Morgan fingerprint density at radius 1 is 0.963 bits per heavy atom. The molecule has 0 aliphatic heterocycles. The average Bonchev–Trinajstić information content (AvgIpc) is 2.66. The Balaban J connectivity index is 2.02. The molecular formula is C21H33N3O3. The summed E-state index contributed by atoms with van der Waals surface area (Å²) in [6.07, 6.45) is 12.7. The molecule has 0 aromatic heterocycles. The van der Waals surface area contributed by atoms with E-state index in [0.717, 1.165) is 12.8 Å². The van der Waals surface area contributed by atoms with Crippen LogP contribution in [0, 0.1) is 0 Å². The van der Waals surface area contributed by atoms with Crippen LogP contribution in [0.2, 0.25) is 0 Å². The number of phenols is 1. The molecule has 6 nitrogen and oxygen atoms in total. The first-order valence-corrected chi connectivity index (χ1v) is 10.00. The van der Waals surface area contributed by atoms with E-state index in [1.54, 1.807) is 18.2 Å². The highest BCUT2D eigenvalue weighted by Gasteiger charge is 2.04. The van der Waals surface area contributed by atoms with Crippen molar-refractivity contribution < 1.29 is 14.7 Å². The molecule has 0 saturated heterocycles. The van der Waals surface area contributed by atoms with Gasteiger partial charge < -0.3 is 10.4 Å². The Bertz CT molecular complexity index is 588. The van der Waals surface area contributed by atoms with E-state index in [1.165, 1.54) is 57.2 Å². The molecule has 0 heterocycles. The number of phenolic OH excluding ortho intramolecular Hbond substituents is 1. The first-order chi connectivity index (χ1) is 13.1. The van der Waals surface area contributed by atoms with Gasteiger partial charge in [0.2, 0.25) is 5.91 Å². The quantitative estimate of drug-likeness (QED) is 0.262. The number of carbonyl (C=O) groups excluding carboxylic acids is 2. The third-order valence-corrected chi connectivity index (χ3v) is 4.28. The maximum absolute atomic E-state index is 11.7. The zero-order valence-electron chi connectivity index (χ0n) is 16.4. The number of benzene rings is 1. The minimum Gasteiger partial charge on any atom is -0.507 e. The van der Waals surface area contributed by atoms with Crippen molar-refractivity contribution in [1.29, 1.82) is 0 Å². The van der Waals surface area contributed by atoms with Crippen LogP contribution in [0.25, 0.3) is 0 Å². The van der Waals surface area contributed by atoms with E-state index in [-0.39, 0.29) is 18.2 Å². The fourth-order valence-corrected chi connectivity index (χ4v) is 2.67. The number of carbonyl (C=O) groups is 2. The fourth-order valence-electron chi connectivity index (χ4n) is 2.67. The van der Waals surface area contributed by atoms with Gasteiger partial charge in [-0.2, -0.15) is 5.10 Å². The Kier molecular flexibility index (Phi) is 12.4. The highest BCUT2D eigenvalue weighted by atomic mass is 16.3. The molecule has 2 amide bonds. The highest BCUT2D eigenvalue weighted by Crippen LogP contribution is 2.12. The summed E-state index contributed by atoms with van der Waals surface area (Å²) in [4.78, 5) is 23.4. The molecule has 150 valence electrons. The summed E-state index contributed by atoms with van der Waals surface area (Å²) in [7, 11) is 0. The van der Waals surface area contributed by atoms with Crippen molar-refractivity contribution >= 4 is 18.0 Å². The van der Waals surface area contributed by atoms with Gasteiger partial charge in [0.1, 0.15) is 5.75 Å². The van der Waals surface area contributed by atoms with Crippen LogP contribution < -0.4 is 10.7 Å². The molecule has 0 aliphatic carbocycles. The summed E-state index contributed by atoms with van der Waals surface area (Å²) in [5.41, 5.74) is 2.83. The molecule has 0 spiro atoms. The van der Waals surface area contributed by atoms with E-state index < -0.39 is 5.91 Å². The van der Waals surface area contributed by atoms with Gasteiger partial charge in [-0.15, -0.1) is 0 Å². The first-order valence-electron chi connectivity index (χ1n) is 10.00. The molecule has 0 aliphatic rings. The molecule has 0 bridgehead atoms. The first kappa shape index (κ1) is 22.7.